The Morgan fingerprint density at radius 3 is 2.83 bits per heavy atom. The number of pyridine rings is 1. The van der Waals surface area contributed by atoms with Gasteiger partial charge in [-0.25, -0.2) is 14.8 Å². The lowest BCUT2D eigenvalue weighted by Gasteiger charge is -2.06. The van der Waals surface area contributed by atoms with E-state index < -0.39 is 5.97 Å². The van der Waals surface area contributed by atoms with Crippen LogP contribution in [0.4, 0.5) is 11.6 Å². The van der Waals surface area contributed by atoms with E-state index in [1.807, 2.05) is 0 Å². The van der Waals surface area contributed by atoms with Crippen LogP contribution < -0.4 is 5.32 Å². The van der Waals surface area contributed by atoms with Crippen molar-refractivity contribution in [2.24, 2.45) is 0 Å². The van der Waals surface area contributed by atoms with Gasteiger partial charge in [-0.2, -0.15) is 0 Å². The maximum atomic E-state index is 11.4. The summed E-state index contributed by atoms with van der Waals surface area (Å²) in [6.07, 6.45) is 4.62. The number of esters is 1. The highest BCUT2D eigenvalue weighted by Gasteiger charge is 2.09. The van der Waals surface area contributed by atoms with E-state index >= 15 is 0 Å². The molecule has 0 saturated carbocycles. The fourth-order valence-corrected chi connectivity index (χ4v) is 1.50. The topological polar surface area (TPSA) is 77.0 Å². The van der Waals surface area contributed by atoms with Gasteiger partial charge in [-0.05, 0) is 12.1 Å². The summed E-state index contributed by atoms with van der Waals surface area (Å²) in [5.41, 5.74) is 0.309. The molecule has 0 bridgehead atoms. The molecule has 0 spiro atoms. The molecular formula is C11H9ClN4O2. The van der Waals surface area contributed by atoms with Crippen LogP contribution in [0.1, 0.15) is 10.4 Å². The van der Waals surface area contributed by atoms with Crippen LogP contribution in [0.15, 0.2) is 30.7 Å². The number of methoxy groups -OCH3 is 1. The minimum Gasteiger partial charge on any atom is -0.465 e. The van der Waals surface area contributed by atoms with Gasteiger partial charge in [0.1, 0.15) is 16.8 Å². The second-order valence-electron chi connectivity index (χ2n) is 3.27. The minimum atomic E-state index is -0.485. The Bertz CT molecular complexity index is 562. The van der Waals surface area contributed by atoms with Crippen molar-refractivity contribution >= 4 is 29.2 Å². The van der Waals surface area contributed by atoms with Crippen LogP contribution >= 0.6 is 11.6 Å². The third kappa shape index (κ3) is 2.92. The first-order valence-electron chi connectivity index (χ1n) is 4.98. The number of hydrogen-bond donors (Lipinski definition) is 1. The van der Waals surface area contributed by atoms with Gasteiger partial charge in [-0.15, -0.1) is 0 Å². The SMILES string of the molecule is COC(=O)c1cc(Cl)nc(Nc2cnccn2)c1. The Hall–Kier alpha value is -2.21. The fourth-order valence-electron chi connectivity index (χ4n) is 1.29. The van der Waals surface area contributed by atoms with Gasteiger partial charge in [0.05, 0.1) is 18.9 Å². The predicted octanol–water partition coefficient (Wildman–Crippen LogP) is 2.06. The molecule has 92 valence electrons. The zero-order valence-electron chi connectivity index (χ0n) is 9.42. The Morgan fingerprint density at radius 1 is 1.33 bits per heavy atom. The average Bonchev–Trinajstić information content (AvgIpc) is 2.38. The maximum absolute atomic E-state index is 11.4. The molecule has 0 amide bonds. The van der Waals surface area contributed by atoms with Crippen LogP contribution in [-0.2, 0) is 4.74 Å². The van der Waals surface area contributed by atoms with E-state index in [2.05, 4.69) is 25.0 Å². The van der Waals surface area contributed by atoms with Crippen molar-refractivity contribution in [3.8, 4) is 0 Å². The number of aromatic nitrogens is 3. The fraction of sp³-hybridized carbons (Fsp3) is 0.0909. The van der Waals surface area contributed by atoms with Gasteiger partial charge in [0.25, 0.3) is 0 Å². The van der Waals surface area contributed by atoms with Gasteiger partial charge in [0.2, 0.25) is 0 Å². The molecule has 0 aliphatic heterocycles. The molecule has 0 unspecified atom stereocenters. The van der Waals surface area contributed by atoms with Gasteiger partial charge in [-0.1, -0.05) is 11.6 Å². The third-order valence-electron chi connectivity index (χ3n) is 2.03. The molecule has 2 aromatic rings. The van der Waals surface area contributed by atoms with Gasteiger partial charge in [0.15, 0.2) is 0 Å². The lowest BCUT2D eigenvalue weighted by molar-refractivity contribution is 0.0600. The largest absolute Gasteiger partial charge is 0.465 e. The zero-order chi connectivity index (χ0) is 13.0. The highest BCUT2D eigenvalue weighted by atomic mass is 35.5. The van der Waals surface area contributed by atoms with Gasteiger partial charge >= 0.3 is 5.97 Å². The minimum absolute atomic E-state index is 0.185. The zero-order valence-corrected chi connectivity index (χ0v) is 10.2. The summed E-state index contributed by atoms with van der Waals surface area (Å²) in [6.45, 7) is 0. The number of carbonyl (C=O) groups is 1. The molecule has 2 heterocycles. The molecular weight excluding hydrogens is 256 g/mol. The predicted molar refractivity (Wildman–Crippen MR) is 65.9 cm³/mol. The molecule has 6 nitrogen and oxygen atoms in total. The highest BCUT2D eigenvalue weighted by Crippen LogP contribution is 2.17. The monoisotopic (exact) mass is 264 g/mol. The Kier molecular flexibility index (Phi) is 3.69. The molecule has 0 aromatic carbocycles. The van der Waals surface area contributed by atoms with Crippen molar-refractivity contribution < 1.29 is 9.53 Å². The second kappa shape index (κ2) is 5.42. The van der Waals surface area contributed by atoms with Gasteiger partial charge in [-0.3, -0.25) is 4.98 Å². The molecule has 18 heavy (non-hydrogen) atoms. The summed E-state index contributed by atoms with van der Waals surface area (Å²) in [5.74, 6) is 0.410. The number of ether oxygens (including phenoxy) is 1. The summed E-state index contributed by atoms with van der Waals surface area (Å²) >= 11 is 5.82. The van der Waals surface area contributed by atoms with Crippen molar-refractivity contribution in [1.29, 1.82) is 0 Å². The van der Waals surface area contributed by atoms with E-state index in [-0.39, 0.29) is 5.15 Å². The molecule has 1 N–H and O–H groups in total. The van der Waals surface area contributed by atoms with Crippen molar-refractivity contribution in [3.05, 3.63) is 41.4 Å². The Balaban J connectivity index is 2.28. The van der Waals surface area contributed by atoms with Crippen molar-refractivity contribution in [2.75, 3.05) is 12.4 Å². The molecule has 0 aliphatic carbocycles. The van der Waals surface area contributed by atoms with Crippen LogP contribution in [0.5, 0.6) is 0 Å². The van der Waals surface area contributed by atoms with E-state index in [1.54, 1.807) is 6.20 Å². The molecule has 0 saturated heterocycles. The summed E-state index contributed by atoms with van der Waals surface area (Å²) in [7, 11) is 1.30. The first-order chi connectivity index (χ1) is 8.69. The maximum Gasteiger partial charge on any atom is 0.338 e. The van der Waals surface area contributed by atoms with Crippen LogP contribution in [0.3, 0.4) is 0 Å². The first-order valence-corrected chi connectivity index (χ1v) is 5.36. The summed E-state index contributed by atoms with van der Waals surface area (Å²) in [4.78, 5) is 23.4. The summed E-state index contributed by atoms with van der Waals surface area (Å²) in [5, 5.41) is 3.07. The standard InChI is InChI=1S/C11H9ClN4O2/c1-18-11(17)7-4-8(12)15-9(5-7)16-10-6-13-2-3-14-10/h2-6H,1H3,(H,14,15,16). The quantitative estimate of drug-likeness (QED) is 0.675. The van der Waals surface area contributed by atoms with Gasteiger partial charge < -0.3 is 10.1 Å². The van der Waals surface area contributed by atoms with Crippen molar-refractivity contribution in [1.82, 2.24) is 15.0 Å². The second-order valence-corrected chi connectivity index (χ2v) is 3.66. The third-order valence-corrected chi connectivity index (χ3v) is 2.23. The van der Waals surface area contributed by atoms with E-state index in [0.29, 0.717) is 17.2 Å². The van der Waals surface area contributed by atoms with Crippen LogP contribution in [0.2, 0.25) is 5.15 Å². The van der Waals surface area contributed by atoms with E-state index in [9.17, 15) is 4.79 Å². The van der Waals surface area contributed by atoms with Crippen molar-refractivity contribution in [2.45, 2.75) is 0 Å². The smallest absolute Gasteiger partial charge is 0.338 e. The van der Waals surface area contributed by atoms with Crippen molar-refractivity contribution in [3.63, 3.8) is 0 Å². The van der Waals surface area contributed by atoms with E-state index in [4.69, 9.17) is 11.6 Å². The molecule has 7 heteroatoms. The number of hydrogen-bond acceptors (Lipinski definition) is 6. The number of carbonyl (C=O) groups excluding carboxylic acids is 1. The molecule has 0 aliphatic rings. The number of anilines is 2. The lowest BCUT2D eigenvalue weighted by atomic mass is 10.2. The highest BCUT2D eigenvalue weighted by molar-refractivity contribution is 6.29. The first kappa shape index (κ1) is 12.3. The van der Waals surface area contributed by atoms with E-state index in [0.717, 1.165) is 0 Å². The molecule has 0 atom stereocenters. The molecule has 0 fully saturated rings. The number of nitrogens with zero attached hydrogens (tertiary/aromatic N) is 3. The molecule has 2 rings (SSSR count). The molecule has 0 radical (unpaired) electrons. The molecule has 2 aromatic heterocycles. The average molecular weight is 265 g/mol. The van der Waals surface area contributed by atoms with Crippen LogP contribution in [0, 0.1) is 0 Å². The Labute approximate surface area is 108 Å². The Morgan fingerprint density at radius 2 is 2.17 bits per heavy atom. The summed E-state index contributed by atoms with van der Waals surface area (Å²) < 4.78 is 4.62. The van der Waals surface area contributed by atoms with Gasteiger partial charge in [0, 0.05) is 12.4 Å². The van der Waals surface area contributed by atoms with E-state index in [1.165, 1.54) is 31.6 Å². The summed E-state index contributed by atoms with van der Waals surface area (Å²) in [6, 6.07) is 2.95. The number of rotatable bonds is 3. The van der Waals surface area contributed by atoms with Crippen LogP contribution in [-0.4, -0.2) is 28.0 Å². The lowest BCUT2D eigenvalue weighted by Crippen LogP contribution is -2.04. The van der Waals surface area contributed by atoms with Crippen LogP contribution in [0.25, 0.3) is 0 Å². The number of nitrogens with one attached hydrogen (secondary N) is 1. The number of halogens is 1. The normalized spacial score (nSPS) is 9.89.